The van der Waals surface area contributed by atoms with Crippen molar-refractivity contribution < 1.29 is 8.42 Å². The third kappa shape index (κ3) is 7.70. The topological polar surface area (TPSA) is 34.1 Å². The molecule has 0 radical (unpaired) electrons. The van der Waals surface area contributed by atoms with Gasteiger partial charge in [0.25, 0.3) is 0 Å². The molecule has 0 aromatic rings. The third-order valence-corrected chi connectivity index (χ3v) is 5.31. The highest BCUT2D eigenvalue weighted by molar-refractivity contribution is 9.10. The largest absolute Gasteiger partial charge is 0.228 e. The minimum atomic E-state index is -2.92. The van der Waals surface area contributed by atoms with Crippen LogP contribution in [0, 0.1) is 0 Å². The molecule has 0 aromatic carbocycles. The summed E-state index contributed by atoms with van der Waals surface area (Å²) in [7, 11) is -2.92. The molecule has 0 saturated heterocycles. The van der Waals surface area contributed by atoms with Gasteiger partial charge >= 0.3 is 0 Å². The van der Waals surface area contributed by atoms with Crippen LogP contribution in [0.4, 0.5) is 0 Å². The average Bonchev–Trinajstić information content (AvgIpc) is 2.05. The molecule has 78 valence electrons. The number of sulfone groups is 1. The lowest BCUT2D eigenvalue weighted by molar-refractivity contribution is 0.604. The first-order valence-electron chi connectivity index (χ1n) is 4.09. The summed E-state index contributed by atoms with van der Waals surface area (Å²) in [6, 6.07) is 0. The maximum atomic E-state index is 11.0. The molecule has 0 aliphatic rings. The Kier molecular flexibility index (Phi) is 7.36. The summed E-state index contributed by atoms with van der Waals surface area (Å²) in [6.45, 7) is 2.09. The van der Waals surface area contributed by atoms with Crippen LogP contribution in [-0.2, 0) is 9.84 Å². The second kappa shape index (κ2) is 7.01. The summed E-state index contributed by atoms with van der Waals surface area (Å²) in [5.74, 6) is 0.115. The number of alkyl halides is 2. The lowest BCUT2D eigenvalue weighted by Crippen LogP contribution is -2.04. The standard InChI is InChI=1S/C8H14Br2O2S/c1-2-4-8(10)5-3-6-13(11,12)7-9/h3,5,8H,2,4,6-7H2,1H3/b5-3+. The van der Waals surface area contributed by atoms with Gasteiger partial charge in [-0.1, -0.05) is 57.4 Å². The van der Waals surface area contributed by atoms with E-state index in [0.717, 1.165) is 12.8 Å². The van der Waals surface area contributed by atoms with Crippen molar-refractivity contribution in [1.29, 1.82) is 0 Å². The smallest absolute Gasteiger partial charge is 0.163 e. The zero-order valence-electron chi connectivity index (χ0n) is 7.54. The molecule has 0 rings (SSSR count). The Morgan fingerprint density at radius 2 is 2.08 bits per heavy atom. The van der Waals surface area contributed by atoms with E-state index >= 15 is 0 Å². The first kappa shape index (κ1) is 13.7. The predicted octanol–water partition coefficient (Wildman–Crippen LogP) is 2.87. The zero-order valence-corrected chi connectivity index (χ0v) is 11.5. The van der Waals surface area contributed by atoms with Gasteiger partial charge in [0.2, 0.25) is 0 Å². The lowest BCUT2D eigenvalue weighted by atomic mass is 10.2. The first-order valence-corrected chi connectivity index (χ1v) is 7.94. The highest BCUT2D eigenvalue weighted by Crippen LogP contribution is 2.09. The lowest BCUT2D eigenvalue weighted by Gasteiger charge is -2.00. The summed E-state index contributed by atoms with van der Waals surface area (Å²) >= 11 is 6.37. The van der Waals surface area contributed by atoms with Gasteiger partial charge in [0.1, 0.15) is 4.66 Å². The molecule has 0 saturated carbocycles. The van der Waals surface area contributed by atoms with Crippen molar-refractivity contribution in [3.8, 4) is 0 Å². The van der Waals surface area contributed by atoms with Crippen LogP contribution in [0.5, 0.6) is 0 Å². The molecule has 0 amide bonds. The van der Waals surface area contributed by atoms with E-state index in [2.05, 4.69) is 38.8 Å². The van der Waals surface area contributed by atoms with Crippen molar-refractivity contribution in [1.82, 2.24) is 0 Å². The molecule has 0 fully saturated rings. The summed E-state index contributed by atoms with van der Waals surface area (Å²) in [5.41, 5.74) is 0. The van der Waals surface area contributed by atoms with E-state index in [4.69, 9.17) is 0 Å². The molecule has 0 N–H and O–H groups in total. The molecular formula is C8H14Br2O2S. The van der Waals surface area contributed by atoms with Crippen LogP contribution in [0.25, 0.3) is 0 Å². The quantitative estimate of drug-likeness (QED) is 0.553. The monoisotopic (exact) mass is 332 g/mol. The van der Waals surface area contributed by atoms with Crippen molar-refractivity contribution in [2.75, 3.05) is 10.4 Å². The Labute approximate surface area is 97.0 Å². The molecule has 0 bridgehead atoms. The van der Waals surface area contributed by atoms with Gasteiger partial charge in [0.05, 0.1) is 5.75 Å². The molecule has 0 spiro atoms. The minimum absolute atomic E-state index is 0.0328. The summed E-state index contributed by atoms with van der Waals surface area (Å²) in [6.07, 6.45) is 5.71. The van der Waals surface area contributed by atoms with Crippen molar-refractivity contribution in [3.63, 3.8) is 0 Å². The first-order chi connectivity index (χ1) is 6.02. The van der Waals surface area contributed by atoms with Crippen LogP contribution in [0.3, 0.4) is 0 Å². The van der Waals surface area contributed by atoms with E-state index in [-0.39, 0.29) is 10.4 Å². The molecule has 2 nitrogen and oxygen atoms in total. The van der Waals surface area contributed by atoms with Crippen LogP contribution in [0.1, 0.15) is 19.8 Å². The van der Waals surface area contributed by atoms with Gasteiger partial charge in [-0.05, 0) is 6.42 Å². The SMILES string of the molecule is CCCC(Br)/C=C/CS(=O)(=O)CBr. The molecule has 5 heteroatoms. The Hall–Kier alpha value is 0.650. The van der Waals surface area contributed by atoms with Gasteiger partial charge in [-0.3, -0.25) is 0 Å². The molecule has 1 unspecified atom stereocenters. The fraction of sp³-hybridized carbons (Fsp3) is 0.750. The van der Waals surface area contributed by atoms with Crippen LogP contribution in [0.15, 0.2) is 12.2 Å². The molecular weight excluding hydrogens is 320 g/mol. The van der Waals surface area contributed by atoms with Crippen LogP contribution in [0.2, 0.25) is 0 Å². The van der Waals surface area contributed by atoms with Crippen molar-refractivity contribution in [2.24, 2.45) is 0 Å². The Morgan fingerprint density at radius 3 is 2.54 bits per heavy atom. The van der Waals surface area contributed by atoms with Gasteiger partial charge < -0.3 is 0 Å². The molecule has 0 heterocycles. The van der Waals surface area contributed by atoms with Gasteiger partial charge in [-0.15, -0.1) is 0 Å². The fourth-order valence-electron chi connectivity index (χ4n) is 0.766. The normalized spacial score (nSPS) is 15.0. The van der Waals surface area contributed by atoms with E-state index in [9.17, 15) is 8.42 Å². The number of rotatable bonds is 6. The maximum Gasteiger partial charge on any atom is 0.163 e. The Bertz CT molecular complexity index is 247. The fourth-order valence-corrected chi connectivity index (χ4v) is 2.49. The van der Waals surface area contributed by atoms with Gasteiger partial charge in [0.15, 0.2) is 9.84 Å². The number of hydrogen-bond acceptors (Lipinski definition) is 2. The zero-order chi connectivity index (χ0) is 10.3. The Morgan fingerprint density at radius 1 is 1.46 bits per heavy atom. The summed E-state index contributed by atoms with van der Waals surface area (Å²) < 4.78 is 22.1. The number of halogens is 2. The maximum absolute atomic E-state index is 11.0. The molecule has 1 atom stereocenters. The van der Waals surface area contributed by atoms with Gasteiger partial charge in [-0.25, -0.2) is 8.42 Å². The van der Waals surface area contributed by atoms with E-state index in [1.54, 1.807) is 6.08 Å². The minimum Gasteiger partial charge on any atom is -0.228 e. The van der Waals surface area contributed by atoms with E-state index < -0.39 is 9.84 Å². The second-order valence-electron chi connectivity index (χ2n) is 2.75. The Balaban J connectivity index is 3.88. The van der Waals surface area contributed by atoms with Crippen molar-refractivity contribution in [2.45, 2.75) is 24.6 Å². The highest BCUT2D eigenvalue weighted by atomic mass is 79.9. The number of hydrogen-bond donors (Lipinski definition) is 0. The highest BCUT2D eigenvalue weighted by Gasteiger charge is 2.05. The van der Waals surface area contributed by atoms with E-state index in [0.29, 0.717) is 4.83 Å². The summed E-state index contributed by atoms with van der Waals surface area (Å²) in [4.78, 5) is 0.294. The molecule has 13 heavy (non-hydrogen) atoms. The van der Waals surface area contributed by atoms with Crippen LogP contribution in [-0.4, -0.2) is 23.7 Å². The third-order valence-electron chi connectivity index (χ3n) is 1.43. The van der Waals surface area contributed by atoms with Gasteiger partial charge in [0, 0.05) is 4.83 Å². The van der Waals surface area contributed by atoms with E-state index in [1.165, 1.54) is 0 Å². The molecule has 0 aliphatic carbocycles. The average molecular weight is 334 g/mol. The second-order valence-corrected chi connectivity index (χ2v) is 7.34. The van der Waals surface area contributed by atoms with Crippen LogP contribution < -0.4 is 0 Å². The predicted molar refractivity (Wildman–Crippen MR) is 64.3 cm³/mol. The molecule has 0 aromatic heterocycles. The molecule has 0 aliphatic heterocycles. The van der Waals surface area contributed by atoms with Gasteiger partial charge in [-0.2, -0.15) is 0 Å². The van der Waals surface area contributed by atoms with Crippen LogP contribution >= 0.6 is 31.9 Å². The van der Waals surface area contributed by atoms with Crippen molar-refractivity contribution >= 4 is 41.7 Å². The van der Waals surface area contributed by atoms with Crippen molar-refractivity contribution in [3.05, 3.63) is 12.2 Å². The van der Waals surface area contributed by atoms with E-state index in [1.807, 2.05) is 6.08 Å². The number of allylic oxidation sites excluding steroid dienone is 1. The summed E-state index contributed by atoms with van der Waals surface area (Å²) in [5, 5.41) is 0.